The van der Waals surface area contributed by atoms with Crippen molar-refractivity contribution in [3.8, 4) is 0 Å². The third-order valence-corrected chi connectivity index (χ3v) is 4.59. The third kappa shape index (κ3) is 4.20. The first-order valence-electron chi connectivity index (χ1n) is 7.03. The fourth-order valence-corrected chi connectivity index (χ4v) is 3.34. The number of halogens is 1. The van der Waals surface area contributed by atoms with Crippen LogP contribution in [-0.2, 0) is 4.79 Å². The summed E-state index contributed by atoms with van der Waals surface area (Å²) in [4.78, 5) is 24.0. The molecule has 1 fully saturated rings. The van der Waals surface area contributed by atoms with Gasteiger partial charge in [-0.1, -0.05) is 0 Å². The number of carboxylic acid groups (broad SMARTS) is 1. The molecule has 21 heavy (non-hydrogen) atoms. The molecule has 1 saturated heterocycles. The number of rotatable bonds is 5. The molecule has 6 heteroatoms. The average molecular weight is 355 g/mol. The van der Waals surface area contributed by atoms with Gasteiger partial charge in [-0.3, -0.25) is 9.59 Å². The summed E-state index contributed by atoms with van der Waals surface area (Å²) >= 11 is 3.49. The van der Waals surface area contributed by atoms with Gasteiger partial charge in [-0.25, -0.2) is 0 Å². The molecule has 5 nitrogen and oxygen atoms in total. The Bertz CT molecular complexity index is 540. The molecule has 3 N–H and O–H groups in total. The molecule has 114 valence electrons. The first-order valence-corrected chi connectivity index (χ1v) is 7.82. The molecule has 0 spiro atoms. The lowest BCUT2D eigenvalue weighted by Gasteiger charge is -2.34. The molecular formula is C15H19BrN2O3. The highest BCUT2D eigenvalue weighted by molar-refractivity contribution is 9.10. The van der Waals surface area contributed by atoms with E-state index in [4.69, 9.17) is 10.8 Å². The first kappa shape index (κ1) is 15.8. The second-order valence-electron chi connectivity index (χ2n) is 5.39. The fourth-order valence-electron chi connectivity index (χ4n) is 2.71. The van der Waals surface area contributed by atoms with Crippen molar-refractivity contribution in [1.82, 2.24) is 0 Å². The lowest BCUT2D eigenvalue weighted by Crippen LogP contribution is -2.34. The Hall–Kier alpha value is -1.56. The highest BCUT2D eigenvalue weighted by Gasteiger charge is 2.21. The van der Waals surface area contributed by atoms with Crippen LogP contribution in [0.25, 0.3) is 0 Å². The number of piperidine rings is 1. The standard InChI is InChI=1S/C15H19BrN2O3/c16-12-9-11(15(17)21)2-3-13(12)18-7-5-10(6-8-18)1-4-14(19)20/h2-3,9-10H,1,4-8H2,(H2,17,21)(H,19,20). The molecule has 0 atom stereocenters. The van der Waals surface area contributed by atoms with E-state index in [1.54, 1.807) is 12.1 Å². The molecular weight excluding hydrogens is 336 g/mol. The molecule has 0 bridgehead atoms. The van der Waals surface area contributed by atoms with Crippen LogP contribution in [-0.4, -0.2) is 30.1 Å². The number of primary amides is 1. The maximum Gasteiger partial charge on any atom is 0.303 e. The first-order chi connectivity index (χ1) is 9.97. The normalized spacial score (nSPS) is 16.0. The van der Waals surface area contributed by atoms with Crippen LogP contribution in [0.3, 0.4) is 0 Å². The third-order valence-electron chi connectivity index (χ3n) is 3.95. The van der Waals surface area contributed by atoms with Gasteiger partial charge in [-0.2, -0.15) is 0 Å². The summed E-state index contributed by atoms with van der Waals surface area (Å²) in [5.41, 5.74) is 6.81. The van der Waals surface area contributed by atoms with Crippen LogP contribution in [0.5, 0.6) is 0 Å². The predicted octanol–water partition coefficient (Wildman–Crippen LogP) is 2.63. The number of carbonyl (C=O) groups excluding carboxylic acids is 1. The highest BCUT2D eigenvalue weighted by Crippen LogP contribution is 2.31. The number of hydrogen-bond acceptors (Lipinski definition) is 3. The minimum Gasteiger partial charge on any atom is -0.481 e. The summed E-state index contributed by atoms with van der Waals surface area (Å²) in [7, 11) is 0. The number of carbonyl (C=O) groups is 2. The molecule has 1 aliphatic rings. The van der Waals surface area contributed by atoms with Crippen molar-refractivity contribution < 1.29 is 14.7 Å². The van der Waals surface area contributed by atoms with Crippen LogP contribution in [0.2, 0.25) is 0 Å². The Morgan fingerprint density at radius 2 is 2.00 bits per heavy atom. The Balaban J connectivity index is 1.96. The number of amides is 1. The van der Waals surface area contributed by atoms with Gasteiger partial charge in [-0.05, 0) is 59.3 Å². The number of aliphatic carboxylic acids is 1. The van der Waals surface area contributed by atoms with E-state index in [1.807, 2.05) is 6.07 Å². The minimum absolute atomic E-state index is 0.252. The van der Waals surface area contributed by atoms with Gasteiger partial charge in [0.15, 0.2) is 0 Å². The zero-order valence-corrected chi connectivity index (χ0v) is 13.3. The lowest BCUT2D eigenvalue weighted by atomic mass is 9.92. The van der Waals surface area contributed by atoms with Crippen LogP contribution in [0, 0.1) is 5.92 Å². The smallest absolute Gasteiger partial charge is 0.303 e. The largest absolute Gasteiger partial charge is 0.481 e. The quantitative estimate of drug-likeness (QED) is 0.851. The Kier molecular flexibility index (Phi) is 5.22. The van der Waals surface area contributed by atoms with Crippen molar-refractivity contribution >= 4 is 33.5 Å². The SMILES string of the molecule is NC(=O)c1ccc(N2CCC(CCC(=O)O)CC2)c(Br)c1. The zero-order chi connectivity index (χ0) is 15.4. The highest BCUT2D eigenvalue weighted by atomic mass is 79.9. The van der Waals surface area contributed by atoms with Gasteiger partial charge < -0.3 is 15.7 Å². The van der Waals surface area contributed by atoms with Crippen LogP contribution < -0.4 is 10.6 Å². The van der Waals surface area contributed by atoms with Crippen molar-refractivity contribution in [2.24, 2.45) is 11.7 Å². The second-order valence-corrected chi connectivity index (χ2v) is 6.25. The lowest BCUT2D eigenvalue weighted by molar-refractivity contribution is -0.137. The molecule has 2 rings (SSSR count). The number of nitrogens with zero attached hydrogens (tertiary/aromatic N) is 1. The van der Waals surface area contributed by atoms with E-state index in [-0.39, 0.29) is 6.42 Å². The van der Waals surface area contributed by atoms with Crippen LogP contribution in [0.1, 0.15) is 36.0 Å². The molecule has 0 unspecified atom stereocenters. The topological polar surface area (TPSA) is 83.6 Å². The summed E-state index contributed by atoms with van der Waals surface area (Å²) in [6.45, 7) is 1.80. The Morgan fingerprint density at radius 1 is 1.33 bits per heavy atom. The average Bonchev–Trinajstić information content (AvgIpc) is 2.45. The molecule has 1 aromatic rings. The van der Waals surface area contributed by atoms with E-state index in [1.165, 1.54) is 0 Å². The molecule has 0 radical (unpaired) electrons. The summed E-state index contributed by atoms with van der Waals surface area (Å²) in [5.74, 6) is -0.669. The predicted molar refractivity (Wildman–Crippen MR) is 84.5 cm³/mol. The van der Waals surface area contributed by atoms with Crippen molar-refractivity contribution in [2.75, 3.05) is 18.0 Å². The number of hydrogen-bond donors (Lipinski definition) is 2. The van der Waals surface area contributed by atoms with E-state index in [9.17, 15) is 9.59 Å². The van der Waals surface area contributed by atoms with Crippen molar-refractivity contribution in [3.63, 3.8) is 0 Å². The molecule has 0 aromatic heterocycles. The Morgan fingerprint density at radius 3 is 2.52 bits per heavy atom. The van der Waals surface area contributed by atoms with Gasteiger partial charge in [0.25, 0.3) is 0 Å². The molecule has 1 amide bonds. The fraction of sp³-hybridized carbons (Fsp3) is 0.467. The van der Waals surface area contributed by atoms with Crippen LogP contribution in [0.4, 0.5) is 5.69 Å². The second kappa shape index (κ2) is 6.93. The monoisotopic (exact) mass is 354 g/mol. The van der Waals surface area contributed by atoms with E-state index in [0.717, 1.165) is 42.5 Å². The molecule has 1 aliphatic heterocycles. The summed E-state index contributed by atoms with van der Waals surface area (Å²) < 4.78 is 0.864. The van der Waals surface area contributed by atoms with Gasteiger partial charge >= 0.3 is 5.97 Å². The minimum atomic E-state index is -0.720. The van der Waals surface area contributed by atoms with Gasteiger partial charge in [0.2, 0.25) is 5.91 Å². The van der Waals surface area contributed by atoms with E-state index in [2.05, 4.69) is 20.8 Å². The van der Waals surface area contributed by atoms with E-state index >= 15 is 0 Å². The van der Waals surface area contributed by atoms with Gasteiger partial charge in [0.1, 0.15) is 0 Å². The Labute approximate surface area is 132 Å². The van der Waals surface area contributed by atoms with Gasteiger partial charge in [0.05, 0.1) is 5.69 Å². The summed E-state index contributed by atoms with van der Waals surface area (Å²) in [6, 6.07) is 5.38. The number of anilines is 1. The maximum atomic E-state index is 11.2. The van der Waals surface area contributed by atoms with Gasteiger partial charge in [-0.15, -0.1) is 0 Å². The van der Waals surface area contributed by atoms with Crippen LogP contribution >= 0.6 is 15.9 Å². The molecule has 0 saturated carbocycles. The molecule has 1 aromatic carbocycles. The van der Waals surface area contributed by atoms with Crippen molar-refractivity contribution in [3.05, 3.63) is 28.2 Å². The maximum absolute atomic E-state index is 11.2. The van der Waals surface area contributed by atoms with Crippen molar-refractivity contribution in [1.29, 1.82) is 0 Å². The molecule has 0 aliphatic carbocycles. The number of carboxylic acids is 1. The molecule has 1 heterocycles. The van der Waals surface area contributed by atoms with Crippen molar-refractivity contribution in [2.45, 2.75) is 25.7 Å². The van der Waals surface area contributed by atoms with Crippen LogP contribution in [0.15, 0.2) is 22.7 Å². The summed E-state index contributed by atoms with van der Waals surface area (Å²) in [5, 5.41) is 8.73. The van der Waals surface area contributed by atoms with E-state index < -0.39 is 11.9 Å². The van der Waals surface area contributed by atoms with Gasteiger partial charge in [0, 0.05) is 29.5 Å². The zero-order valence-electron chi connectivity index (χ0n) is 11.7. The van der Waals surface area contributed by atoms with E-state index in [0.29, 0.717) is 11.5 Å². The summed E-state index contributed by atoms with van der Waals surface area (Å²) in [6.07, 6.45) is 3.00. The number of benzene rings is 1. The number of nitrogens with two attached hydrogens (primary N) is 1.